The molecule has 0 bridgehead atoms. The maximum Gasteiger partial charge on any atom is 0.248 e. The third-order valence-electron chi connectivity index (χ3n) is 5.01. The number of benzene rings is 2. The molecule has 0 saturated heterocycles. The number of amides is 1. The third kappa shape index (κ3) is 5.18. The Hall–Kier alpha value is -3.58. The molecule has 2 aromatic carbocycles. The van der Waals surface area contributed by atoms with Crippen molar-refractivity contribution in [1.29, 1.82) is 0 Å². The molecule has 0 atom stereocenters. The van der Waals surface area contributed by atoms with Gasteiger partial charge in [0.15, 0.2) is 0 Å². The van der Waals surface area contributed by atoms with Gasteiger partial charge in [-0.1, -0.05) is 19.1 Å². The summed E-state index contributed by atoms with van der Waals surface area (Å²) in [7, 11) is 1.81. The van der Waals surface area contributed by atoms with Crippen LogP contribution < -0.4 is 5.32 Å². The van der Waals surface area contributed by atoms with Crippen molar-refractivity contribution in [3.05, 3.63) is 93.8 Å². The summed E-state index contributed by atoms with van der Waals surface area (Å²) < 4.78 is 15.0. The molecule has 0 spiro atoms. The zero-order chi connectivity index (χ0) is 22.5. The summed E-state index contributed by atoms with van der Waals surface area (Å²) in [6.07, 6.45) is 6.59. The first kappa shape index (κ1) is 21.6. The van der Waals surface area contributed by atoms with E-state index in [0.717, 1.165) is 51.6 Å². The number of hydrogen-bond acceptors (Lipinski definition) is 4. The molecule has 4 rings (SSSR count). The van der Waals surface area contributed by atoms with Crippen molar-refractivity contribution in [2.24, 2.45) is 7.05 Å². The topological polar surface area (TPSA) is 59.8 Å². The number of carbonyl (C=O) groups excluding carboxylic acids is 1. The molecule has 0 fully saturated rings. The molecule has 2 aromatic heterocycles. The first-order valence-corrected chi connectivity index (χ1v) is 11.2. The largest absolute Gasteiger partial charge is 0.323 e. The van der Waals surface area contributed by atoms with E-state index in [4.69, 9.17) is 0 Å². The van der Waals surface area contributed by atoms with E-state index in [2.05, 4.69) is 27.7 Å². The Labute approximate surface area is 190 Å². The number of halogens is 1. The minimum Gasteiger partial charge on any atom is -0.323 e. The van der Waals surface area contributed by atoms with Crippen molar-refractivity contribution in [2.45, 2.75) is 19.8 Å². The van der Waals surface area contributed by atoms with Crippen LogP contribution >= 0.6 is 11.3 Å². The normalized spacial score (nSPS) is 11.2. The number of nitrogens with one attached hydrogen (secondary N) is 1. The number of rotatable bonds is 7. The fraction of sp³-hybridized carbons (Fsp3) is 0.160. The average molecular weight is 447 g/mol. The summed E-state index contributed by atoms with van der Waals surface area (Å²) in [6.45, 7) is 2.10. The van der Waals surface area contributed by atoms with E-state index in [-0.39, 0.29) is 11.7 Å². The Bertz CT molecular complexity index is 1240. The second kappa shape index (κ2) is 9.70. The minimum atomic E-state index is -0.296. The predicted molar refractivity (Wildman–Crippen MR) is 127 cm³/mol. The van der Waals surface area contributed by atoms with E-state index >= 15 is 0 Å². The lowest BCUT2D eigenvalue weighted by Crippen LogP contribution is -2.07. The van der Waals surface area contributed by atoms with E-state index in [1.807, 2.05) is 31.3 Å². The lowest BCUT2D eigenvalue weighted by Gasteiger charge is -2.05. The van der Waals surface area contributed by atoms with Crippen LogP contribution in [0.3, 0.4) is 0 Å². The molecule has 0 aliphatic carbocycles. The number of anilines is 1. The van der Waals surface area contributed by atoms with Crippen molar-refractivity contribution in [2.75, 3.05) is 5.32 Å². The zero-order valence-corrected chi connectivity index (χ0v) is 18.7. The summed E-state index contributed by atoms with van der Waals surface area (Å²) in [6, 6.07) is 14.0. The van der Waals surface area contributed by atoms with Crippen LogP contribution in [-0.2, 0) is 24.7 Å². The molecule has 1 N–H and O–H groups in total. The van der Waals surface area contributed by atoms with Gasteiger partial charge in [-0.2, -0.15) is 5.10 Å². The molecule has 0 aliphatic rings. The molecule has 0 aliphatic heterocycles. The van der Waals surface area contributed by atoms with E-state index in [1.165, 1.54) is 18.2 Å². The molecule has 0 radical (unpaired) electrons. The summed E-state index contributed by atoms with van der Waals surface area (Å²) in [5.74, 6) is -0.533. The van der Waals surface area contributed by atoms with Crippen LogP contribution in [0.4, 0.5) is 10.1 Å². The van der Waals surface area contributed by atoms with Crippen LogP contribution in [0.2, 0.25) is 0 Å². The molecular formula is C25H23FN4OS. The summed E-state index contributed by atoms with van der Waals surface area (Å²) >= 11 is 1.69. The molecule has 7 heteroatoms. The third-order valence-corrected chi connectivity index (χ3v) is 6.05. The smallest absolute Gasteiger partial charge is 0.248 e. The van der Waals surface area contributed by atoms with Gasteiger partial charge in [0.05, 0.1) is 22.6 Å². The number of thiazole rings is 1. The van der Waals surface area contributed by atoms with E-state index in [0.29, 0.717) is 0 Å². The fourth-order valence-corrected chi connectivity index (χ4v) is 4.14. The average Bonchev–Trinajstić information content (AvgIpc) is 3.40. The van der Waals surface area contributed by atoms with Gasteiger partial charge in [-0.15, -0.1) is 11.3 Å². The number of aromatic nitrogens is 3. The number of nitrogens with zero attached hydrogens (tertiary/aromatic N) is 3. The molecule has 4 aromatic rings. The van der Waals surface area contributed by atoms with E-state index < -0.39 is 0 Å². The second-order valence-electron chi connectivity index (χ2n) is 7.36. The monoisotopic (exact) mass is 446 g/mol. The molecule has 1 amide bonds. The van der Waals surface area contributed by atoms with Crippen LogP contribution in [-0.4, -0.2) is 20.7 Å². The van der Waals surface area contributed by atoms with Crippen LogP contribution in [0, 0.1) is 5.82 Å². The standard InChI is InChI=1S/C25H23FN4OS/c1-3-24-29-22(16-32-24)14-17-4-11-21(12-5-17)28-23(31)13-8-19-15-27-30(2)25(19)18-6-9-20(26)10-7-18/h4-13,15-16H,3,14H2,1-2H3,(H,28,31). The van der Waals surface area contributed by atoms with Gasteiger partial charge >= 0.3 is 0 Å². The Morgan fingerprint density at radius 1 is 1.16 bits per heavy atom. The van der Waals surface area contributed by atoms with Gasteiger partial charge in [0.25, 0.3) is 0 Å². The quantitative estimate of drug-likeness (QED) is 0.382. The highest BCUT2D eigenvalue weighted by atomic mass is 32.1. The maximum absolute atomic E-state index is 13.2. The van der Waals surface area contributed by atoms with Gasteiger partial charge < -0.3 is 5.32 Å². The predicted octanol–water partition coefficient (Wildman–Crippen LogP) is 5.49. The van der Waals surface area contributed by atoms with E-state index in [1.54, 1.807) is 40.4 Å². The highest BCUT2D eigenvalue weighted by Gasteiger charge is 2.10. The van der Waals surface area contributed by atoms with Crippen LogP contribution in [0.5, 0.6) is 0 Å². The highest BCUT2D eigenvalue weighted by Crippen LogP contribution is 2.24. The van der Waals surface area contributed by atoms with Gasteiger partial charge in [0.2, 0.25) is 5.91 Å². The molecule has 5 nitrogen and oxygen atoms in total. The van der Waals surface area contributed by atoms with Gasteiger partial charge in [0.1, 0.15) is 5.82 Å². The van der Waals surface area contributed by atoms with Gasteiger partial charge in [-0.25, -0.2) is 9.37 Å². The summed E-state index contributed by atoms with van der Waals surface area (Å²) in [5.41, 5.74) is 5.35. The van der Waals surface area contributed by atoms with Crippen LogP contribution in [0.1, 0.15) is 28.8 Å². The van der Waals surface area contributed by atoms with Crippen molar-refractivity contribution in [1.82, 2.24) is 14.8 Å². The first-order chi connectivity index (χ1) is 15.5. The summed E-state index contributed by atoms with van der Waals surface area (Å²) in [5, 5.41) is 10.4. The number of hydrogen-bond donors (Lipinski definition) is 1. The Kier molecular flexibility index (Phi) is 6.56. The van der Waals surface area contributed by atoms with Gasteiger partial charge in [0, 0.05) is 41.7 Å². The van der Waals surface area contributed by atoms with Crippen molar-refractivity contribution in [3.63, 3.8) is 0 Å². The second-order valence-corrected chi connectivity index (χ2v) is 8.30. The van der Waals surface area contributed by atoms with Crippen molar-refractivity contribution < 1.29 is 9.18 Å². The lowest BCUT2D eigenvalue weighted by atomic mass is 10.1. The minimum absolute atomic E-state index is 0.237. The van der Waals surface area contributed by atoms with Crippen LogP contribution in [0.15, 0.2) is 66.2 Å². The molecule has 0 unspecified atom stereocenters. The summed E-state index contributed by atoms with van der Waals surface area (Å²) in [4.78, 5) is 17.0. The first-order valence-electron chi connectivity index (χ1n) is 10.3. The van der Waals surface area contributed by atoms with Crippen molar-refractivity contribution >= 4 is 29.0 Å². The molecule has 32 heavy (non-hydrogen) atoms. The fourth-order valence-electron chi connectivity index (χ4n) is 3.39. The Morgan fingerprint density at radius 3 is 2.59 bits per heavy atom. The number of carbonyl (C=O) groups is 1. The Morgan fingerprint density at radius 2 is 1.91 bits per heavy atom. The van der Waals surface area contributed by atoms with Gasteiger partial charge in [-0.05, 0) is 54.5 Å². The number of aryl methyl sites for hydroxylation is 2. The molecule has 162 valence electrons. The Balaban J connectivity index is 1.40. The zero-order valence-electron chi connectivity index (χ0n) is 17.9. The molecule has 2 heterocycles. The van der Waals surface area contributed by atoms with E-state index in [9.17, 15) is 9.18 Å². The molecular weight excluding hydrogens is 423 g/mol. The lowest BCUT2D eigenvalue weighted by molar-refractivity contribution is -0.111. The van der Waals surface area contributed by atoms with Crippen LogP contribution in [0.25, 0.3) is 17.3 Å². The maximum atomic E-state index is 13.2. The SMILES string of the molecule is CCc1nc(Cc2ccc(NC(=O)C=Cc3cnn(C)c3-c3ccc(F)cc3)cc2)cs1. The van der Waals surface area contributed by atoms with Crippen molar-refractivity contribution in [3.8, 4) is 11.3 Å². The molecule has 0 saturated carbocycles. The highest BCUT2D eigenvalue weighted by molar-refractivity contribution is 7.09. The van der Waals surface area contributed by atoms with Gasteiger partial charge in [-0.3, -0.25) is 9.48 Å².